The van der Waals surface area contributed by atoms with Crippen LogP contribution in [0.15, 0.2) is 29.3 Å². The minimum Gasteiger partial charge on any atom is -0.238 e. The fraction of sp³-hybridized carbons (Fsp3) is 0. The zero-order chi connectivity index (χ0) is 8.10. The van der Waals surface area contributed by atoms with Gasteiger partial charge in [-0.15, -0.1) is 0 Å². The van der Waals surface area contributed by atoms with E-state index in [1.165, 1.54) is 0 Å². The highest BCUT2D eigenvalue weighted by Crippen LogP contribution is 2.17. The number of aliphatic imine (C=N–C) groups is 1. The van der Waals surface area contributed by atoms with Crippen LogP contribution in [-0.2, 0) is 0 Å². The predicted molar refractivity (Wildman–Crippen MR) is 47.4 cm³/mol. The maximum absolute atomic E-state index is 6.67. The van der Waals surface area contributed by atoms with Crippen molar-refractivity contribution in [2.24, 2.45) is 4.99 Å². The second-order valence-corrected chi connectivity index (χ2v) is 2.01. The number of nitrogens with zero attached hydrogens (tertiary/aromatic N) is 2. The Bertz CT molecular complexity index is 328. The molecule has 0 amide bonds. The number of thiocarbonyl (C=S) groups is 1. The van der Waals surface area contributed by atoms with Gasteiger partial charge >= 0.3 is 0 Å². The lowest BCUT2D eigenvalue weighted by Gasteiger charge is -1.88. The van der Waals surface area contributed by atoms with Crippen molar-refractivity contribution in [1.29, 1.82) is 0 Å². The minimum atomic E-state index is 0.605. The van der Waals surface area contributed by atoms with E-state index in [2.05, 4.69) is 27.2 Å². The molecule has 52 valence electrons. The normalized spacial score (nSPS) is 7.91. The van der Waals surface area contributed by atoms with Crippen molar-refractivity contribution in [2.75, 3.05) is 0 Å². The molecule has 0 aliphatic heterocycles. The lowest BCUT2D eigenvalue weighted by Crippen LogP contribution is -1.61. The Hall–Kier alpha value is -1.49. The molecule has 0 heterocycles. The fourth-order valence-corrected chi connectivity index (χ4v) is 0.760. The molecular formula is C8H4N2S. The van der Waals surface area contributed by atoms with Crippen molar-refractivity contribution < 1.29 is 0 Å². The highest BCUT2D eigenvalue weighted by Gasteiger charge is 1.88. The van der Waals surface area contributed by atoms with Crippen molar-refractivity contribution in [3.63, 3.8) is 0 Å². The quantitative estimate of drug-likeness (QED) is 0.350. The second-order valence-electron chi connectivity index (χ2n) is 1.83. The molecule has 2 nitrogen and oxygen atoms in total. The van der Waals surface area contributed by atoms with Gasteiger partial charge in [0.2, 0.25) is 0 Å². The molecule has 3 heteroatoms. The first-order valence-corrected chi connectivity index (χ1v) is 3.33. The Balaban J connectivity index is 3.02. The van der Waals surface area contributed by atoms with Crippen molar-refractivity contribution in [3.05, 3.63) is 35.7 Å². The summed E-state index contributed by atoms with van der Waals surface area (Å²) in [7, 11) is 0. The van der Waals surface area contributed by atoms with Crippen LogP contribution in [0.25, 0.3) is 4.85 Å². The molecular weight excluding hydrogens is 156 g/mol. The van der Waals surface area contributed by atoms with Gasteiger partial charge in [-0.3, -0.25) is 0 Å². The van der Waals surface area contributed by atoms with E-state index < -0.39 is 0 Å². The Labute approximate surface area is 70.0 Å². The first kappa shape index (κ1) is 7.62. The molecule has 0 spiro atoms. The predicted octanol–water partition coefficient (Wildman–Crippen LogP) is 2.97. The lowest BCUT2D eigenvalue weighted by molar-refractivity contribution is 1.56. The minimum absolute atomic E-state index is 0.605. The molecule has 0 atom stereocenters. The molecule has 1 aromatic carbocycles. The van der Waals surface area contributed by atoms with Gasteiger partial charge in [0.05, 0.1) is 17.4 Å². The number of rotatable bonds is 1. The lowest BCUT2D eigenvalue weighted by atomic mass is 10.3. The van der Waals surface area contributed by atoms with Crippen LogP contribution in [0.2, 0.25) is 0 Å². The molecule has 0 unspecified atom stereocenters. The smallest absolute Gasteiger partial charge is 0.187 e. The average Bonchev–Trinajstić information content (AvgIpc) is 2.07. The third-order valence-corrected chi connectivity index (χ3v) is 1.24. The molecule has 0 fully saturated rings. The van der Waals surface area contributed by atoms with Crippen molar-refractivity contribution in [3.8, 4) is 0 Å². The molecule has 0 aliphatic carbocycles. The number of benzene rings is 1. The first-order chi connectivity index (χ1) is 5.36. The SMILES string of the molecule is [C-]#[N+]c1ccc(N=C=S)cc1. The van der Waals surface area contributed by atoms with Gasteiger partial charge in [0, 0.05) is 0 Å². The van der Waals surface area contributed by atoms with Crippen molar-refractivity contribution >= 4 is 28.8 Å². The highest BCUT2D eigenvalue weighted by molar-refractivity contribution is 7.78. The monoisotopic (exact) mass is 160 g/mol. The van der Waals surface area contributed by atoms with Crippen LogP contribution in [0.1, 0.15) is 0 Å². The maximum Gasteiger partial charge on any atom is 0.187 e. The zero-order valence-corrected chi connectivity index (χ0v) is 6.43. The zero-order valence-electron chi connectivity index (χ0n) is 5.61. The molecule has 0 aromatic heterocycles. The molecule has 0 aliphatic rings. The van der Waals surface area contributed by atoms with Gasteiger partial charge in [0.1, 0.15) is 0 Å². The summed E-state index contributed by atoms with van der Waals surface area (Å²) in [6.07, 6.45) is 0. The number of hydrogen-bond donors (Lipinski definition) is 0. The largest absolute Gasteiger partial charge is 0.238 e. The topological polar surface area (TPSA) is 16.7 Å². The van der Waals surface area contributed by atoms with E-state index >= 15 is 0 Å². The molecule has 11 heavy (non-hydrogen) atoms. The highest BCUT2D eigenvalue weighted by atomic mass is 32.1. The molecule has 1 aromatic rings. The molecule has 1 rings (SSSR count). The number of isothiocyanates is 1. The van der Waals surface area contributed by atoms with E-state index in [4.69, 9.17) is 6.57 Å². The van der Waals surface area contributed by atoms with Crippen LogP contribution >= 0.6 is 12.2 Å². The van der Waals surface area contributed by atoms with Crippen LogP contribution in [0.3, 0.4) is 0 Å². The van der Waals surface area contributed by atoms with Crippen LogP contribution in [0.5, 0.6) is 0 Å². The third kappa shape index (κ3) is 1.98. The Kier molecular flexibility index (Phi) is 2.51. The molecule has 0 saturated heterocycles. The summed E-state index contributed by atoms with van der Waals surface area (Å²) in [6.45, 7) is 6.67. The summed E-state index contributed by atoms with van der Waals surface area (Å²) in [5, 5.41) is 2.25. The van der Waals surface area contributed by atoms with Gasteiger partial charge in [-0.1, -0.05) is 12.1 Å². The Morgan fingerprint density at radius 1 is 1.36 bits per heavy atom. The first-order valence-electron chi connectivity index (χ1n) is 2.92. The van der Waals surface area contributed by atoms with E-state index in [1.54, 1.807) is 24.3 Å². The van der Waals surface area contributed by atoms with Gasteiger partial charge in [-0.2, -0.15) is 4.99 Å². The summed E-state index contributed by atoms with van der Waals surface area (Å²) in [5.74, 6) is 0. The average molecular weight is 160 g/mol. The fourth-order valence-electron chi connectivity index (χ4n) is 0.654. The van der Waals surface area contributed by atoms with E-state index in [9.17, 15) is 0 Å². The Morgan fingerprint density at radius 3 is 2.45 bits per heavy atom. The van der Waals surface area contributed by atoms with E-state index in [-0.39, 0.29) is 0 Å². The van der Waals surface area contributed by atoms with Gasteiger partial charge < -0.3 is 0 Å². The second kappa shape index (κ2) is 3.62. The van der Waals surface area contributed by atoms with Crippen LogP contribution in [0.4, 0.5) is 11.4 Å². The van der Waals surface area contributed by atoms with Gasteiger partial charge in [-0.05, 0) is 24.4 Å². The summed E-state index contributed by atoms with van der Waals surface area (Å²) < 4.78 is 0. The third-order valence-electron chi connectivity index (χ3n) is 1.15. The molecule has 0 radical (unpaired) electrons. The molecule has 0 bridgehead atoms. The van der Waals surface area contributed by atoms with Gasteiger partial charge in [0.25, 0.3) is 0 Å². The van der Waals surface area contributed by atoms with Crippen LogP contribution < -0.4 is 0 Å². The van der Waals surface area contributed by atoms with Crippen LogP contribution in [-0.4, -0.2) is 5.16 Å². The van der Waals surface area contributed by atoms with E-state index in [0.717, 1.165) is 5.69 Å². The van der Waals surface area contributed by atoms with E-state index in [0.29, 0.717) is 5.69 Å². The number of hydrogen-bond acceptors (Lipinski definition) is 2. The van der Waals surface area contributed by atoms with E-state index in [1.807, 2.05) is 0 Å². The summed E-state index contributed by atoms with van der Waals surface area (Å²) >= 11 is 4.42. The van der Waals surface area contributed by atoms with Crippen molar-refractivity contribution in [1.82, 2.24) is 0 Å². The summed E-state index contributed by atoms with van der Waals surface area (Å²) in [4.78, 5) is 6.98. The standard InChI is InChI=1S/C8H4N2S/c1-9-7-2-4-8(5-3-7)10-6-11/h2-5H. The van der Waals surface area contributed by atoms with Crippen molar-refractivity contribution in [2.45, 2.75) is 0 Å². The van der Waals surface area contributed by atoms with Gasteiger partial charge in [0.15, 0.2) is 5.69 Å². The summed E-state index contributed by atoms with van der Waals surface area (Å²) in [6, 6.07) is 6.84. The van der Waals surface area contributed by atoms with Gasteiger partial charge in [-0.25, -0.2) is 4.85 Å². The molecule has 0 N–H and O–H groups in total. The van der Waals surface area contributed by atoms with Crippen LogP contribution in [0, 0.1) is 6.57 Å². The maximum atomic E-state index is 6.67. The molecule has 0 saturated carbocycles. The summed E-state index contributed by atoms with van der Waals surface area (Å²) in [5.41, 5.74) is 1.33. The Morgan fingerprint density at radius 2 is 2.00 bits per heavy atom.